The van der Waals surface area contributed by atoms with Crippen molar-refractivity contribution in [1.29, 1.82) is 0 Å². The lowest BCUT2D eigenvalue weighted by Crippen LogP contribution is -2.48. The molecule has 9 heteroatoms. The second-order valence-corrected chi connectivity index (χ2v) is 6.67. The van der Waals surface area contributed by atoms with Gasteiger partial charge in [-0.3, -0.25) is 4.79 Å². The van der Waals surface area contributed by atoms with Crippen molar-refractivity contribution in [3.05, 3.63) is 17.6 Å². The van der Waals surface area contributed by atoms with Crippen molar-refractivity contribution in [3.8, 4) is 0 Å². The lowest BCUT2D eigenvalue weighted by Gasteiger charge is -2.33. The summed E-state index contributed by atoms with van der Waals surface area (Å²) in [5.74, 6) is 1.92. The van der Waals surface area contributed by atoms with Gasteiger partial charge in [0.15, 0.2) is 0 Å². The Morgan fingerprint density at radius 3 is 2.65 bits per heavy atom. The van der Waals surface area contributed by atoms with E-state index in [1.54, 1.807) is 0 Å². The zero-order chi connectivity index (χ0) is 16.9. The number of anilines is 1. The number of nitrogens with zero attached hydrogens (tertiary/aromatic N) is 3. The highest BCUT2D eigenvalue weighted by Gasteiger charge is 2.23. The second kappa shape index (κ2) is 10.9. The first kappa shape index (κ1) is 22.9. The minimum atomic E-state index is 0. The first-order valence-electron chi connectivity index (χ1n) is 8.78. The number of halogens is 2. The van der Waals surface area contributed by atoms with Gasteiger partial charge in [-0.25, -0.2) is 9.97 Å². The number of hydrogen-bond donors (Lipinski definition) is 2. The smallest absolute Gasteiger partial charge is 0.221 e. The van der Waals surface area contributed by atoms with E-state index in [1.165, 1.54) is 0 Å². The number of ether oxygens (including phenoxy) is 1. The van der Waals surface area contributed by atoms with Crippen molar-refractivity contribution in [1.82, 2.24) is 20.6 Å². The highest BCUT2D eigenvalue weighted by atomic mass is 35.5. The van der Waals surface area contributed by atoms with Gasteiger partial charge in [-0.15, -0.1) is 24.8 Å². The largest absolute Gasteiger partial charge is 0.378 e. The van der Waals surface area contributed by atoms with Crippen molar-refractivity contribution < 1.29 is 9.53 Å². The Balaban J connectivity index is 0.00000169. The van der Waals surface area contributed by atoms with Crippen molar-refractivity contribution in [3.63, 3.8) is 0 Å². The van der Waals surface area contributed by atoms with E-state index in [-0.39, 0.29) is 42.8 Å². The minimum absolute atomic E-state index is 0. The molecule has 3 heterocycles. The summed E-state index contributed by atoms with van der Waals surface area (Å²) >= 11 is 0. The Hall–Kier alpha value is -1.15. The zero-order valence-corrected chi connectivity index (χ0v) is 17.0. The third-order valence-electron chi connectivity index (χ3n) is 4.57. The third kappa shape index (κ3) is 6.54. The van der Waals surface area contributed by atoms with Crippen LogP contribution in [-0.4, -0.2) is 60.8 Å². The number of amides is 1. The summed E-state index contributed by atoms with van der Waals surface area (Å²) in [7, 11) is 0. The van der Waals surface area contributed by atoms with E-state index >= 15 is 0 Å². The number of rotatable bonds is 4. The topological polar surface area (TPSA) is 79.4 Å². The maximum atomic E-state index is 12.2. The maximum absolute atomic E-state index is 12.2. The molecule has 1 unspecified atom stereocenters. The highest BCUT2D eigenvalue weighted by molar-refractivity contribution is 5.85. The first-order chi connectivity index (χ1) is 11.6. The molecule has 1 aromatic heterocycles. The molecule has 1 atom stereocenters. The Kier molecular flexibility index (Phi) is 9.57. The standard InChI is InChI=1S/C17H27N5O2.2ClH/c1-12-9-16(20-13(2)19-12)22-6-3-14(4-7-22)21-17(23)10-15-11-24-8-5-18-15;;/h9,14-15,18H,3-8,10-11H2,1-2H3,(H,21,23);2*1H. The van der Waals surface area contributed by atoms with Crippen LogP contribution in [-0.2, 0) is 9.53 Å². The summed E-state index contributed by atoms with van der Waals surface area (Å²) in [5, 5.41) is 6.49. The average molecular weight is 406 g/mol. The summed E-state index contributed by atoms with van der Waals surface area (Å²) in [6.45, 7) is 7.92. The van der Waals surface area contributed by atoms with Gasteiger partial charge >= 0.3 is 0 Å². The van der Waals surface area contributed by atoms with E-state index < -0.39 is 0 Å². The fourth-order valence-corrected chi connectivity index (χ4v) is 3.37. The van der Waals surface area contributed by atoms with Gasteiger partial charge in [-0.2, -0.15) is 0 Å². The molecule has 0 aliphatic carbocycles. The van der Waals surface area contributed by atoms with Crippen LogP contribution in [0.5, 0.6) is 0 Å². The lowest BCUT2D eigenvalue weighted by molar-refractivity contribution is -0.123. The van der Waals surface area contributed by atoms with Crippen molar-refractivity contribution in [2.45, 2.75) is 45.2 Å². The molecular formula is C17H29Cl2N5O2. The van der Waals surface area contributed by atoms with Gasteiger partial charge in [0.05, 0.1) is 13.2 Å². The van der Waals surface area contributed by atoms with Crippen LogP contribution in [0.4, 0.5) is 5.82 Å². The molecule has 1 amide bonds. The molecule has 7 nitrogen and oxygen atoms in total. The van der Waals surface area contributed by atoms with E-state index in [2.05, 4.69) is 25.5 Å². The van der Waals surface area contributed by atoms with Gasteiger partial charge in [-0.1, -0.05) is 0 Å². The van der Waals surface area contributed by atoms with Crippen molar-refractivity contribution >= 4 is 36.5 Å². The SMILES string of the molecule is Cc1cc(N2CCC(NC(=O)CC3COCCN3)CC2)nc(C)n1.Cl.Cl. The number of nitrogens with one attached hydrogen (secondary N) is 2. The van der Waals surface area contributed by atoms with Gasteiger partial charge in [0.1, 0.15) is 11.6 Å². The fraction of sp³-hybridized carbons (Fsp3) is 0.706. The second-order valence-electron chi connectivity index (χ2n) is 6.67. The van der Waals surface area contributed by atoms with Crippen LogP contribution < -0.4 is 15.5 Å². The predicted molar refractivity (Wildman–Crippen MR) is 107 cm³/mol. The Morgan fingerprint density at radius 2 is 2.04 bits per heavy atom. The predicted octanol–water partition coefficient (Wildman–Crippen LogP) is 1.40. The molecule has 26 heavy (non-hydrogen) atoms. The van der Waals surface area contributed by atoms with E-state index in [0.717, 1.165) is 56.4 Å². The molecule has 2 N–H and O–H groups in total. The van der Waals surface area contributed by atoms with Gasteiger partial charge in [0.2, 0.25) is 5.91 Å². The summed E-state index contributed by atoms with van der Waals surface area (Å²) in [4.78, 5) is 23.3. The highest BCUT2D eigenvalue weighted by Crippen LogP contribution is 2.19. The van der Waals surface area contributed by atoms with Crippen LogP contribution in [0.25, 0.3) is 0 Å². The summed E-state index contributed by atoms with van der Waals surface area (Å²) in [5.41, 5.74) is 0.995. The molecule has 1 aromatic rings. The molecule has 0 radical (unpaired) electrons. The van der Waals surface area contributed by atoms with Crippen LogP contribution >= 0.6 is 24.8 Å². The molecule has 0 bridgehead atoms. The Morgan fingerprint density at radius 1 is 1.31 bits per heavy atom. The molecule has 2 saturated heterocycles. The zero-order valence-electron chi connectivity index (χ0n) is 15.4. The molecular weight excluding hydrogens is 377 g/mol. The average Bonchev–Trinajstić information content (AvgIpc) is 2.55. The van der Waals surface area contributed by atoms with E-state index in [4.69, 9.17) is 4.74 Å². The van der Waals surface area contributed by atoms with Crippen LogP contribution in [0.15, 0.2) is 6.07 Å². The number of piperidine rings is 1. The van der Waals surface area contributed by atoms with Crippen LogP contribution in [0.1, 0.15) is 30.8 Å². The van der Waals surface area contributed by atoms with E-state index in [1.807, 2.05) is 19.9 Å². The molecule has 2 aliphatic heterocycles. The number of hydrogen-bond acceptors (Lipinski definition) is 6. The molecule has 2 fully saturated rings. The molecule has 2 aliphatic rings. The fourth-order valence-electron chi connectivity index (χ4n) is 3.37. The lowest BCUT2D eigenvalue weighted by atomic mass is 10.0. The van der Waals surface area contributed by atoms with Gasteiger partial charge in [-0.05, 0) is 26.7 Å². The number of aromatic nitrogens is 2. The van der Waals surface area contributed by atoms with Gasteiger partial charge < -0.3 is 20.3 Å². The molecule has 0 aromatic carbocycles. The molecule has 3 rings (SSSR count). The third-order valence-corrected chi connectivity index (χ3v) is 4.57. The van der Waals surface area contributed by atoms with Crippen LogP contribution in [0.3, 0.4) is 0 Å². The first-order valence-corrected chi connectivity index (χ1v) is 8.78. The number of carbonyl (C=O) groups is 1. The van der Waals surface area contributed by atoms with Crippen LogP contribution in [0, 0.1) is 13.8 Å². The quantitative estimate of drug-likeness (QED) is 0.787. The Bertz CT molecular complexity index is 556. The maximum Gasteiger partial charge on any atom is 0.221 e. The normalized spacial score (nSPS) is 20.7. The molecule has 148 valence electrons. The van der Waals surface area contributed by atoms with Gasteiger partial charge in [0, 0.05) is 49.9 Å². The van der Waals surface area contributed by atoms with Crippen molar-refractivity contribution in [2.75, 3.05) is 37.7 Å². The number of aryl methyl sites for hydroxylation is 2. The van der Waals surface area contributed by atoms with Crippen LogP contribution in [0.2, 0.25) is 0 Å². The van der Waals surface area contributed by atoms with Crippen molar-refractivity contribution in [2.24, 2.45) is 0 Å². The van der Waals surface area contributed by atoms with Gasteiger partial charge in [0.25, 0.3) is 0 Å². The minimum Gasteiger partial charge on any atom is -0.378 e. The van der Waals surface area contributed by atoms with E-state index in [9.17, 15) is 4.79 Å². The monoisotopic (exact) mass is 405 g/mol. The number of morpholine rings is 1. The molecule has 0 saturated carbocycles. The summed E-state index contributed by atoms with van der Waals surface area (Å²) in [6, 6.07) is 2.42. The molecule has 0 spiro atoms. The number of carbonyl (C=O) groups excluding carboxylic acids is 1. The summed E-state index contributed by atoms with van der Waals surface area (Å²) in [6.07, 6.45) is 2.38. The Labute approximate surface area is 167 Å². The summed E-state index contributed by atoms with van der Waals surface area (Å²) < 4.78 is 5.39. The van der Waals surface area contributed by atoms with E-state index in [0.29, 0.717) is 13.0 Å².